The molecule has 0 bridgehead atoms. The summed E-state index contributed by atoms with van der Waals surface area (Å²) in [6.45, 7) is 2.94. The zero-order valence-electron chi connectivity index (χ0n) is 9.91. The predicted molar refractivity (Wildman–Crippen MR) is 70.5 cm³/mol. The monoisotopic (exact) mass is 263 g/mol. The molecule has 0 saturated carbocycles. The van der Waals surface area contributed by atoms with Gasteiger partial charge in [0.1, 0.15) is 10.7 Å². The lowest BCUT2D eigenvalue weighted by atomic mass is 10.4. The average Bonchev–Trinajstić information content (AvgIpc) is 2.78. The average molecular weight is 263 g/mol. The van der Waals surface area contributed by atoms with E-state index in [4.69, 9.17) is 22.7 Å². The van der Waals surface area contributed by atoms with Crippen LogP contribution in [0.2, 0.25) is 0 Å². The van der Waals surface area contributed by atoms with Crippen molar-refractivity contribution in [3.63, 3.8) is 0 Å². The van der Waals surface area contributed by atoms with Gasteiger partial charge in [0.25, 0.3) is 0 Å². The topological polar surface area (TPSA) is 78.9 Å². The largest absolute Gasteiger partial charge is 0.434 e. The fraction of sp³-hybridized carbons (Fsp3) is 0.273. The number of rotatable bonds is 5. The molecule has 2 heterocycles. The molecule has 0 amide bonds. The Labute approximate surface area is 110 Å². The van der Waals surface area contributed by atoms with Gasteiger partial charge in [0.15, 0.2) is 5.75 Å². The maximum Gasteiger partial charge on any atom is 0.238 e. The SMILES string of the molecule is CCCn1cc(Oc2cnc(C(N)=S)cn2)cn1. The zero-order chi connectivity index (χ0) is 13.0. The molecule has 0 spiro atoms. The second-order valence-electron chi connectivity index (χ2n) is 3.65. The number of aromatic nitrogens is 4. The van der Waals surface area contributed by atoms with E-state index in [-0.39, 0.29) is 4.99 Å². The third-order valence-electron chi connectivity index (χ3n) is 2.17. The Kier molecular flexibility index (Phi) is 3.83. The van der Waals surface area contributed by atoms with E-state index in [9.17, 15) is 0 Å². The molecule has 7 heteroatoms. The van der Waals surface area contributed by atoms with Gasteiger partial charge in [-0.3, -0.25) is 4.68 Å². The van der Waals surface area contributed by atoms with Crippen LogP contribution >= 0.6 is 12.2 Å². The first kappa shape index (κ1) is 12.4. The molecule has 0 aliphatic carbocycles. The van der Waals surface area contributed by atoms with Crippen LogP contribution in [0.15, 0.2) is 24.8 Å². The molecular formula is C11H13N5OS. The van der Waals surface area contributed by atoms with E-state index < -0.39 is 0 Å². The molecule has 2 rings (SSSR count). The standard InChI is InChI=1S/C11H13N5OS/c1-2-3-16-7-8(4-15-16)17-10-6-13-9(5-14-10)11(12)18/h4-7H,2-3H2,1H3,(H2,12,18). The summed E-state index contributed by atoms with van der Waals surface area (Å²) in [5.41, 5.74) is 5.90. The van der Waals surface area contributed by atoms with E-state index in [0.29, 0.717) is 17.3 Å². The molecule has 6 nitrogen and oxygen atoms in total. The van der Waals surface area contributed by atoms with E-state index >= 15 is 0 Å². The normalized spacial score (nSPS) is 10.3. The van der Waals surface area contributed by atoms with Gasteiger partial charge in [-0.15, -0.1) is 0 Å². The van der Waals surface area contributed by atoms with E-state index in [2.05, 4.69) is 22.0 Å². The molecule has 0 aliphatic heterocycles. The Morgan fingerprint density at radius 1 is 1.39 bits per heavy atom. The van der Waals surface area contributed by atoms with Crippen LogP contribution in [0.3, 0.4) is 0 Å². The summed E-state index contributed by atoms with van der Waals surface area (Å²) < 4.78 is 7.31. The molecule has 0 radical (unpaired) electrons. The highest BCUT2D eigenvalue weighted by Crippen LogP contribution is 2.17. The summed E-state index contributed by atoms with van der Waals surface area (Å²) in [6, 6.07) is 0. The van der Waals surface area contributed by atoms with E-state index in [1.54, 1.807) is 6.20 Å². The minimum Gasteiger partial charge on any atom is -0.434 e. The molecule has 94 valence electrons. The summed E-state index contributed by atoms with van der Waals surface area (Å²) in [4.78, 5) is 8.31. The highest BCUT2D eigenvalue weighted by atomic mass is 32.1. The van der Waals surface area contributed by atoms with Crippen molar-refractivity contribution in [2.45, 2.75) is 19.9 Å². The van der Waals surface area contributed by atoms with Crippen LogP contribution in [0.25, 0.3) is 0 Å². The third kappa shape index (κ3) is 3.01. The van der Waals surface area contributed by atoms with Crippen LogP contribution in [-0.2, 0) is 6.54 Å². The molecule has 0 aliphatic rings. The number of nitrogens with zero attached hydrogens (tertiary/aromatic N) is 4. The molecule has 2 aromatic heterocycles. The summed E-state index contributed by atoms with van der Waals surface area (Å²) >= 11 is 4.79. The van der Waals surface area contributed by atoms with Crippen molar-refractivity contribution < 1.29 is 4.74 Å². The van der Waals surface area contributed by atoms with Crippen LogP contribution < -0.4 is 10.5 Å². The maximum atomic E-state index is 5.50. The van der Waals surface area contributed by atoms with Crippen LogP contribution in [0.4, 0.5) is 0 Å². The molecule has 0 fully saturated rings. The maximum absolute atomic E-state index is 5.50. The lowest BCUT2D eigenvalue weighted by molar-refractivity contribution is 0.458. The van der Waals surface area contributed by atoms with Gasteiger partial charge >= 0.3 is 0 Å². The number of ether oxygens (including phenoxy) is 1. The van der Waals surface area contributed by atoms with Gasteiger partial charge in [0, 0.05) is 6.54 Å². The molecule has 2 aromatic rings. The van der Waals surface area contributed by atoms with Crippen molar-refractivity contribution >= 4 is 17.2 Å². The molecule has 0 unspecified atom stereocenters. The first-order chi connectivity index (χ1) is 8.69. The fourth-order valence-corrected chi connectivity index (χ4v) is 1.47. The third-order valence-corrected chi connectivity index (χ3v) is 2.37. The second kappa shape index (κ2) is 5.54. The number of aryl methyl sites for hydroxylation is 1. The summed E-state index contributed by atoms with van der Waals surface area (Å²) in [5, 5.41) is 4.15. The molecule has 0 atom stereocenters. The first-order valence-electron chi connectivity index (χ1n) is 5.51. The number of hydrogen-bond donors (Lipinski definition) is 1. The minimum absolute atomic E-state index is 0.213. The van der Waals surface area contributed by atoms with E-state index in [1.165, 1.54) is 12.4 Å². The van der Waals surface area contributed by atoms with Gasteiger partial charge in [-0.2, -0.15) is 5.10 Å². The quantitative estimate of drug-likeness (QED) is 0.824. The van der Waals surface area contributed by atoms with Crippen LogP contribution in [0, 0.1) is 0 Å². The number of nitrogens with two attached hydrogens (primary N) is 1. The first-order valence-corrected chi connectivity index (χ1v) is 5.92. The fourth-order valence-electron chi connectivity index (χ4n) is 1.37. The van der Waals surface area contributed by atoms with Gasteiger partial charge in [-0.25, -0.2) is 9.97 Å². The van der Waals surface area contributed by atoms with Crippen molar-refractivity contribution in [1.29, 1.82) is 0 Å². The lowest BCUT2D eigenvalue weighted by Gasteiger charge is -2.01. The van der Waals surface area contributed by atoms with Crippen molar-refractivity contribution in [2.75, 3.05) is 0 Å². The van der Waals surface area contributed by atoms with Gasteiger partial charge in [0.05, 0.1) is 24.8 Å². The molecule has 0 saturated heterocycles. The summed E-state index contributed by atoms with van der Waals surface area (Å²) in [7, 11) is 0. The Balaban J connectivity index is 2.06. The molecular weight excluding hydrogens is 250 g/mol. The second-order valence-corrected chi connectivity index (χ2v) is 4.09. The molecule has 0 aromatic carbocycles. The predicted octanol–water partition coefficient (Wildman–Crippen LogP) is 1.51. The Morgan fingerprint density at radius 2 is 2.22 bits per heavy atom. The van der Waals surface area contributed by atoms with Crippen molar-refractivity contribution in [3.05, 3.63) is 30.5 Å². The van der Waals surface area contributed by atoms with Gasteiger partial charge in [-0.05, 0) is 6.42 Å². The van der Waals surface area contributed by atoms with Crippen molar-refractivity contribution in [2.24, 2.45) is 5.73 Å². The molecule has 2 N–H and O–H groups in total. The van der Waals surface area contributed by atoms with Gasteiger partial charge in [-0.1, -0.05) is 19.1 Å². The van der Waals surface area contributed by atoms with Crippen molar-refractivity contribution in [3.8, 4) is 11.6 Å². The van der Waals surface area contributed by atoms with E-state index in [0.717, 1.165) is 13.0 Å². The van der Waals surface area contributed by atoms with E-state index in [1.807, 2.05) is 10.9 Å². The van der Waals surface area contributed by atoms with Crippen LogP contribution in [0.1, 0.15) is 19.0 Å². The van der Waals surface area contributed by atoms with Gasteiger partial charge < -0.3 is 10.5 Å². The van der Waals surface area contributed by atoms with Crippen LogP contribution in [-0.4, -0.2) is 24.7 Å². The Morgan fingerprint density at radius 3 is 2.83 bits per heavy atom. The summed E-state index contributed by atoms with van der Waals surface area (Å²) in [6.07, 6.45) is 7.43. The highest BCUT2D eigenvalue weighted by Gasteiger charge is 2.04. The number of hydrogen-bond acceptors (Lipinski definition) is 5. The highest BCUT2D eigenvalue weighted by molar-refractivity contribution is 7.80. The molecule has 18 heavy (non-hydrogen) atoms. The zero-order valence-corrected chi connectivity index (χ0v) is 10.7. The lowest BCUT2D eigenvalue weighted by Crippen LogP contribution is -2.11. The Hall–Kier alpha value is -2.02. The summed E-state index contributed by atoms with van der Waals surface area (Å²) in [5.74, 6) is 1.01. The van der Waals surface area contributed by atoms with Crippen molar-refractivity contribution in [1.82, 2.24) is 19.7 Å². The minimum atomic E-state index is 0.213. The smallest absolute Gasteiger partial charge is 0.238 e. The van der Waals surface area contributed by atoms with Gasteiger partial charge in [0.2, 0.25) is 5.88 Å². The Bertz CT molecular complexity index is 537. The number of thiocarbonyl (C=S) groups is 1. The van der Waals surface area contributed by atoms with Crippen LogP contribution in [0.5, 0.6) is 11.6 Å².